The number of guanidine groups is 1. The summed E-state index contributed by atoms with van der Waals surface area (Å²) in [5, 5.41) is 18.3. The number of nitrogens with zero attached hydrogens (tertiary/aromatic N) is 3. The van der Waals surface area contributed by atoms with Gasteiger partial charge in [-0.05, 0) is 11.8 Å². The molecule has 116 valence electrons. The third-order valence-corrected chi connectivity index (χ3v) is 4.52. The molecule has 0 aromatic heterocycles. The SMILES string of the molecule is C#CC(O)[C@@H]1C[C@@H](O)[C@H](N2C(=O)SC3C(=O)N=C(N)N=C32)O1. The summed E-state index contributed by atoms with van der Waals surface area (Å²) in [4.78, 5) is 32.4. The summed E-state index contributed by atoms with van der Waals surface area (Å²) in [5.41, 5.74) is 5.44. The summed E-state index contributed by atoms with van der Waals surface area (Å²) >= 11 is 0.722. The number of nitrogens with two attached hydrogens (primary N) is 1. The number of hydrogen-bond donors (Lipinski definition) is 3. The standard InChI is InChI=1S/C12H12N4O5S/c1-2-4(17)6-3-5(18)10(21-6)16-8-7(22-12(16)20)9(19)15-11(13)14-8/h1,4-7,10,17-18H,3H2,(H2,13,15,19)/t4?,5-,6+,7?,10-/m1/s1. The Morgan fingerprint density at radius 3 is 2.91 bits per heavy atom. The van der Waals surface area contributed by atoms with E-state index in [1.54, 1.807) is 0 Å². The average molecular weight is 324 g/mol. The van der Waals surface area contributed by atoms with E-state index in [0.29, 0.717) is 0 Å². The van der Waals surface area contributed by atoms with Crippen LogP contribution in [-0.4, -0.2) is 67.8 Å². The number of rotatable bonds is 2. The fraction of sp³-hybridized carbons (Fsp3) is 0.500. The van der Waals surface area contributed by atoms with E-state index in [1.807, 2.05) is 0 Å². The number of hydrogen-bond acceptors (Lipinski definition) is 8. The average Bonchev–Trinajstić information content (AvgIpc) is 2.98. The quantitative estimate of drug-likeness (QED) is 0.512. The second-order valence-corrected chi connectivity index (χ2v) is 5.95. The van der Waals surface area contributed by atoms with E-state index in [1.165, 1.54) is 0 Å². The Labute approximate surface area is 129 Å². The molecule has 10 heteroatoms. The number of fused-ring (bicyclic) bond motifs is 1. The summed E-state index contributed by atoms with van der Waals surface area (Å²) in [6, 6.07) is 0. The molecule has 3 heterocycles. The number of carbonyl (C=O) groups is 2. The fourth-order valence-electron chi connectivity index (χ4n) is 2.47. The van der Waals surface area contributed by atoms with Crippen LogP contribution < -0.4 is 5.73 Å². The maximum atomic E-state index is 12.1. The Kier molecular flexibility index (Phi) is 3.65. The molecule has 3 rings (SSSR count). The smallest absolute Gasteiger partial charge is 0.290 e. The Morgan fingerprint density at radius 2 is 2.23 bits per heavy atom. The molecule has 22 heavy (non-hydrogen) atoms. The zero-order chi connectivity index (χ0) is 16.0. The van der Waals surface area contributed by atoms with Gasteiger partial charge in [-0.25, -0.2) is 0 Å². The lowest BCUT2D eigenvalue weighted by atomic mass is 10.1. The van der Waals surface area contributed by atoms with Crippen molar-refractivity contribution in [2.45, 2.75) is 36.2 Å². The highest BCUT2D eigenvalue weighted by Crippen LogP contribution is 2.36. The number of ether oxygens (including phenoxy) is 1. The van der Waals surface area contributed by atoms with Gasteiger partial charge in [0.1, 0.15) is 24.1 Å². The molecule has 0 radical (unpaired) electrons. The summed E-state index contributed by atoms with van der Waals surface area (Å²) in [6.45, 7) is 0. The second kappa shape index (κ2) is 5.36. The molecule has 0 saturated carbocycles. The molecule has 3 aliphatic rings. The molecular weight excluding hydrogens is 312 g/mol. The zero-order valence-corrected chi connectivity index (χ0v) is 11.9. The number of carbonyl (C=O) groups excluding carboxylic acids is 2. The third kappa shape index (κ3) is 2.28. The number of amides is 2. The van der Waals surface area contributed by atoms with Crippen molar-refractivity contribution < 1.29 is 24.5 Å². The van der Waals surface area contributed by atoms with E-state index >= 15 is 0 Å². The van der Waals surface area contributed by atoms with E-state index < -0.39 is 40.9 Å². The topological polar surface area (TPSA) is 138 Å². The summed E-state index contributed by atoms with van der Waals surface area (Å²) in [6.07, 6.45) is 0.994. The fourth-order valence-corrected chi connectivity index (χ4v) is 3.41. The predicted octanol–water partition coefficient (Wildman–Crippen LogP) is -1.75. The summed E-state index contributed by atoms with van der Waals surface area (Å²) < 4.78 is 5.48. The van der Waals surface area contributed by atoms with Gasteiger partial charge in [0, 0.05) is 6.42 Å². The van der Waals surface area contributed by atoms with Gasteiger partial charge >= 0.3 is 0 Å². The van der Waals surface area contributed by atoms with Gasteiger partial charge in [-0.3, -0.25) is 14.5 Å². The number of thioether (sulfide) groups is 1. The van der Waals surface area contributed by atoms with Crippen LogP contribution in [0.2, 0.25) is 0 Å². The first-order valence-corrected chi connectivity index (χ1v) is 7.24. The second-order valence-electron chi connectivity index (χ2n) is 4.89. The van der Waals surface area contributed by atoms with Gasteiger partial charge in [0.2, 0.25) is 5.96 Å². The van der Waals surface area contributed by atoms with Gasteiger partial charge in [0.15, 0.2) is 11.5 Å². The molecule has 0 aliphatic carbocycles. The first-order valence-electron chi connectivity index (χ1n) is 6.36. The van der Waals surface area contributed by atoms with Gasteiger partial charge in [0.25, 0.3) is 11.1 Å². The lowest BCUT2D eigenvalue weighted by Crippen LogP contribution is -2.48. The number of amidine groups is 1. The third-order valence-electron chi connectivity index (χ3n) is 3.47. The van der Waals surface area contributed by atoms with Gasteiger partial charge in [-0.15, -0.1) is 6.42 Å². The lowest BCUT2D eigenvalue weighted by molar-refractivity contribution is -0.116. The normalized spacial score (nSPS) is 35.8. The van der Waals surface area contributed by atoms with Crippen LogP contribution in [0.15, 0.2) is 9.98 Å². The van der Waals surface area contributed by atoms with Crippen molar-refractivity contribution >= 4 is 34.7 Å². The van der Waals surface area contributed by atoms with Crippen molar-refractivity contribution in [2.75, 3.05) is 0 Å². The van der Waals surface area contributed by atoms with Crippen LogP contribution in [-0.2, 0) is 9.53 Å². The number of aliphatic hydroxyl groups excluding tert-OH is 2. The Balaban J connectivity index is 1.88. The molecule has 0 bridgehead atoms. The van der Waals surface area contributed by atoms with Crippen LogP contribution in [0.3, 0.4) is 0 Å². The minimum atomic E-state index is -1.21. The van der Waals surface area contributed by atoms with E-state index in [4.69, 9.17) is 16.9 Å². The Bertz CT molecular complexity index is 642. The highest BCUT2D eigenvalue weighted by atomic mass is 32.2. The molecule has 4 N–H and O–H groups in total. The first kappa shape index (κ1) is 15.0. The maximum Gasteiger partial charge on any atom is 0.290 e. The van der Waals surface area contributed by atoms with Gasteiger partial charge < -0.3 is 20.7 Å². The Morgan fingerprint density at radius 1 is 1.50 bits per heavy atom. The maximum absolute atomic E-state index is 12.1. The molecule has 2 amide bonds. The number of aliphatic hydroxyl groups is 2. The van der Waals surface area contributed by atoms with Crippen molar-refractivity contribution in [3.05, 3.63) is 0 Å². The van der Waals surface area contributed by atoms with Crippen molar-refractivity contribution in [1.82, 2.24) is 4.90 Å². The number of terminal acetylenes is 1. The molecule has 2 unspecified atom stereocenters. The molecule has 0 spiro atoms. The monoisotopic (exact) mass is 324 g/mol. The molecule has 2 fully saturated rings. The first-order chi connectivity index (χ1) is 10.4. The minimum absolute atomic E-state index is 0.0555. The predicted molar refractivity (Wildman–Crippen MR) is 76.8 cm³/mol. The molecular formula is C12H12N4O5S. The molecule has 0 aromatic carbocycles. The van der Waals surface area contributed by atoms with Crippen LogP contribution in [0, 0.1) is 12.3 Å². The van der Waals surface area contributed by atoms with E-state index in [9.17, 15) is 19.8 Å². The molecule has 0 aromatic rings. The van der Waals surface area contributed by atoms with Crippen LogP contribution in [0.25, 0.3) is 0 Å². The summed E-state index contributed by atoms with van der Waals surface area (Å²) in [5.74, 6) is 1.34. The van der Waals surface area contributed by atoms with Crippen molar-refractivity contribution in [3.63, 3.8) is 0 Å². The van der Waals surface area contributed by atoms with Crippen molar-refractivity contribution in [2.24, 2.45) is 15.7 Å². The Hall–Kier alpha value is -1.93. The van der Waals surface area contributed by atoms with Crippen molar-refractivity contribution in [3.8, 4) is 12.3 Å². The minimum Gasteiger partial charge on any atom is -0.388 e. The van der Waals surface area contributed by atoms with Crippen LogP contribution in [0.5, 0.6) is 0 Å². The van der Waals surface area contributed by atoms with Crippen LogP contribution in [0.4, 0.5) is 4.79 Å². The van der Waals surface area contributed by atoms with E-state index in [-0.39, 0.29) is 18.2 Å². The molecule has 3 aliphatic heterocycles. The van der Waals surface area contributed by atoms with Crippen LogP contribution in [0.1, 0.15) is 6.42 Å². The van der Waals surface area contributed by atoms with Crippen molar-refractivity contribution in [1.29, 1.82) is 0 Å². The highest BCUT2D eigenvalue weighted by molar-refractivity contribution is 8.16. The van der Waals surface area contributed by atoms with E-state index in [0.717, 1.165) is 16.7 Å². The van der Waals surface area contributed by atoms with Gasteiger partial charge in [0.05, 0.1) is 0 Å². The highest BCUT2D eigenvalue weighted by Gasteiger charge is 2.52. The largest absolute Gasteiger partial charge is 0.388 e. The zero-order valence-electron chi connectivity index (χ0n) is 11.1. The molecule has 5 atom stereocenters. The molecule has 2 saturated heterocycles. The lowest BCUT2D eigenvalue weighted by Gasteiger charge is -2.27. The summed E-state index contributed by atoms with van der Waals surface area (Å²) in [7, 11) is 0. The number of aliphatic imine (C=N–C) groups is 2. The van der Waals surface area contributed by atoms with Crippen LogP contribution >= 0.6 is 11.8 Å². The molecule has 9 nitrogen and oxygen atoms in total. The van der Waals surface area contributed by atoms with E-state index in [2.05, 4.69) is 15.9 Å². The van der Waals surface area contributed by atoms with Gasteiger partial charge in [-0.2, -0.15) is 9.98 Å². The van der Waals surface area contributed by atoms with Gasteiger partial charge in [-0.1, -0.05) is 5.92 Å².